The summed E-state index contributed by atoms with van der Waals surface area (Å²) in [5, 5.41) is 2.91. The summed E-state index contributed by atoms with van der Waals surface area (Å²) >= 11 is 0. The largest absolute Gasteiger partial charge is 0.369 e. The number of anilines is 2. The minimum Gasteiger partial charge on any atom is -0.369 e. The van der Waals surface area contributed by atoms with E-state index in [1.807, 2.05) is 0 Å². The number of aryl methyl sites for hydroxylation is 2. The van der Waals surface area contributed by atoms with Gasteiger partial charge in [-0.1, -0.05) is 12.1 Å². The number of Topliss-reactive ketones (excluding diaryl/α,β-unsaturated/α-hetero) is 1. The SMILES string of the molecule is CC(=O)c1ccc(NC(=O)CN2CCN(c3cc(C)ccc3C)CC2)cc1. The van der Waals surface area contributed by atoms with Gasteiger partial charge in [0.25, 0.3) is 0 Å². The van der Waals surface area contributed by atoms with Gasteiger partial charge in [-0.3, -0.25) is 14.5 Å². The van der Waals surface area contributed by atoms with Crippen molar-refractivity contribution in [3.8, 4) is 0 Å². The van der Waals surface area contributed by atoms with Crippen LogP contribution in [0.4, 0.5) is 11.4 Å². The van der Waals surface area contributed by atoms with Crippen LogP contribution in [-0.2, 0) is 4.79 Å². The number of rotatable bonds is 5. The van der Waals surface area contributed by atoms with Crippen molar-refractivity contribution >= 4 is 23.1 Å². The number of amides is 1. The molecule has 1 aliphatic rings. The fraction of sp³-hybridized carbons (Fsp3) is 0.364. The second-order valence-corrected chi connectivity index (χ2v) is 7.23. The summed E-state index contributed by atoms with van der Waals surface area (Å²) in [6.45, 7) is 9.75. The topological polar surface area (TPSA) is 52.7 Å². The highest BCUT2D eigenvalue weighted by molar-refractivity contribution is 5.96. The molecule has 27 heavy (non-hydrogen) atoms. The molecule has 1 amide bonds. The Balaban J connectivity index is 1.50. The molecule has 0 aromatic heterocycles. The summed E-state index contributed by atoms with van der Waals surface area (Å²) in [6.07, 6.45) is 0. The first-order valence-corrected chi connectivity index (χ1v) is 9.38. The van der Waals surface area contributed by atoms with Crippen molar-refractivity contribution in [2.24, 2.45) is 0 Å². The molecule has 5 heteroatoms. The van der Waals surface area contributed by atoms with E-state index >= 15 is 0 Å². The van der Waals surface area contributed by atoms with Crippen molar-refractivity contribution in [3.05, 3.63) is 59.2 Å². The average Bonchev–Trinajstić information content (AvgIpc) is 2.65. The van der Waals surface area contributed by atoms with E-state index in [0.717, 1.165) is 31.9 Å². The summed E-state index contributed by atoms with van der Waals surface area (Å²) in [6, 6.07) is 13.6. The average molecular weight is 365 g/mol. The van der Waals surface area contributed by atoms with Gasteiger partial charge < -0.3 is 10.2 Å². The fourth-order valence-electron chi connectivity index (χ4n) is 3.40. The molecule has 1 N–H and O–H groups in total. The van der Waals surface area contributed by atoms with Gasteiger partial charge in [0.05, 0.1) is 6.54 Å². The lowest BCUT2D eigenvalue weighted by atomic mass is 10.1. The lowest BCUT2D eigenvalue weighted by molar-refractivity contribution is -0.117. The highest BCUT2D eigenvalue weighted by Crippen LogP contribution is 2.22. The molecule has 1 heterocycles. The first-order chi connectivity index (χ1) is 12.9. The van der Waals surface area contributed by atoms with E-state index in [2.05, 4.69) is 47.2 Å². The summed E-state index contributed by atoms with van der Waals surface area (Å²) in [7, 11) is 0. The Morgan fingerprint density at radius 1 is 0.963 bits per heavy atom. The normalized spacial score (nSPS) is 14.9. The molecular formula is C22H27N3O2. The zero-order valence-corrected chi connectivity index (χ0v) is 16.3. The molecule has 5 nitrogen and oxygen atoms in total. The summed E-state index contributed by atoms with van der Waals surface area (Å²) in [4.78, 5) is 28.2. The zero-order chi connectivity index (χ0) is 19.4. The minimum atomic E-state index is -0.0224. The van der Waals surface area contributed by atoms with Crippen LogP contribution in [0.3, 0.4) is 0 Å². The molecule has 0 radical (unpaired) electrons. The van der Waals surface area contributed by atoms with Crippen molar-refractivity contribution < 1.29 is 9.59 Å². The van der Waals surface area contributed by atoms with Crippen LogP contribution in [0.2, 0.25) is 0 Å². The van der Waals surface area contributed by atoms with Crippen LogP contribution in [0.1, 0.15) is 28.4 Å². The van der Waals surface area contributed by atoms with Gasteiger partial charge in [-0.15, -0.1) is 0 Å². The summed E-state index contributed by atoms with van der Waals surface area (Å²) < 4.78 is 0. The summed E-state index contributed by atoms with van der Waals surface area (Å²) in [5.41, 5.74) is 5.23. The maximum atomic E-state index is 12.3. The predicted molar refractivity (Wildman–Crippen MR) is 110 cm³/mol. The number of hydrogen-bond acceptors (Lipinski definition) is 4. The van der Waals surface area contributed by atoms with E-state index in [4.69, 9.17) is 0 Å². The molecule has 1 fully saturated rings. The van der Waals surface area contributed by atoms with Gasteiger partial charge in [0.2, 0.25) is 5.91 Å². The van der Waals surface area contributed by atoms with Gasteiger partial charge >= 0.3 is 0 Å². The molecule has 0 bridgehead atoms. The van der Waals surface area contributed by atoms with E-state index in [0.29, 0.717) is 12.1 Å². The third-order valence-corrected chi connectivity index (χ3v) is 5.02. The molecule has 0 saturated carbocycles. The first kappa shape index (κ1) is 19.1. The van der Waals surface area contributed by atoms with Gasteiger partial charge in [0, 0.05) is 43.1 Å². The van der Waals surface area contributed by atoms with Gasteiger partial charge in [-0.2, -0.15) is 0 Å². The van der Waals surface area contributed by atoms with E-state index in [9.17, 15) is 9.59 Å². The van der Waals surface area contributed by atoms with Crippen molar-refractivity contribution in [2.75, 3.05) is 42.9 Å². The number of benzene rings is 2. The number of nitrogens with one attached hydrogen (secondary N) is 1. The third-order valence-electron chi connectivity index (χ3n) is 5.02. The summed E-state index contributed by atoms with van der Waals surface area (Å²) in [5.74, 6) is 0.000329. The lowest BCUT2D eigenvalue weighted by Crippen LogP contribution is -2.48. The molecule has 3 rings (SSSR count). The van der Waals surface area contributed by atoms with Gasteiger partial charge in [-0.05, 0) is 62.2 Å². The molecule has 2 aromatic rings. The van der Waals surface area contributed by atoms with Crippen LogP contribution in [0.15, 0.2) is 42.5 Å². The van der Waals surface area contributed by atoms with E-state index in [1.54, 1.807) is 24.3 Å². The van der Waals surface area contributed by atoms with Gasteiger partial charge in [0.15, 0.2) is 5.78 Å². The van der Waals surface area contributed by atoms with Crippen LogP contribution in [-0.4, -0.2) is 49.3 Å². The van der Waals surface area contributed by atoms with Gasteiger partial charge in [0.1, 0.15) is 0 Å². The molecule has 0 unspecified atom stereocenters. The first-order valence-electron chi connectivity index (χ1n) is 9.38. The fourth-order valence-corrected chi connectivity index (χ4v) is 3.40. The molecule has 2 aromatic carbocycles. The number of carbonyl (C=O) groups excluding carboxylic acids is 2. The Labute approximate surface area is 161 Å². The van der Waals surface area contributed by atoms with Crippen LogP contribution in [0.25, 0.3) is 0 Å². The standard InChI is InChI=1S/C22H27N3O2/c1-16-4-5-17(2)21(14-16)25-12-10-24(11-13-25)15-22(27)23-20-8-6-19(7-9-20)18(3)26/h4-9,14H,10-13,15H2,1-3H3,(H,23,27). The van der Waals surface area contributed by atoms with Crippen LogP contribution >= 0.6 is 0 Å². The third kappa shape index (κ3) is 4.95. The second kappa shape index (κ2) is 8.35. The van der Waals surface area contributed by atoms with Crippen molar-refractivity contribution in [3.63, 3.8) is 0 Å². The van der Waals surface area contributed by atoms with Crippen LogP contribution in [0, 0.1) is 13.8 Å². The monoisotopic (exact) mass is 365 g/mol. The number of hydrogen-bond donors (Lipinski definition) is 1. The Morgan fingerprint density at radius 2 is 1.63 bits per heavy atom. The zero-order valence-electron chi connectivity index (χ0n) is 16.3. The van der Waals surface area contributed by atoms with Crippen molar-refractivity contribution in [2.45, 2.75) is 20.8 Å². The second-order valence-electron chi connectivity index (χ2n) is 7.23. The molecular weight excluding hydrogens is 338 g/mol. The molecule has 1 aliphatic heterocycles. The highest BCUT2D eigenvalue weighted by atomic mass is 16.2. The maximum Gasteiger partial charge on any atom is 0.238 e. The maximum absolute atomic E-state index is 12.3. The minimum absolute atomic E-state index is 0.0224. The van der Waals surface area contributed by atoms with Crippen LogP contribution < -0.4 is 10.2 Å². The smallest absolute Gasteiger partial charge is 0.238 e. The van der Waals surface area contributed by atoms with Crippen LogP contribution in [0.5, 0.6) is 0 Å². The number of piperazine rings is 1. The van der Waals surface area contributed by atoms with E-state index in [1.165, 1.54) is 23.7 Å². The Bertz CT molecular complexity index is 822. The molecule has 1 saturated heterocycles. The molecule has 0 atom stereocenters. The number of nitrogens with zero attached hydrogens (tertiary/aromatic N) is 2. The number of ketones is 1. The Kier molecular flexibility index (Phi) is 5.91. The van der Waals surface area contributed by atoms with Crippen molar-refractivity contribution in [1.82, 2.24) is 4.90 Å². The van der Waals surface area contributed by atoms with Crippen molar-refractivity contribution in [1.29, 1.82) is 0 Å². The molecule has 0 spiro atoms. The quantitative estimate of drug-likeness (QED) is 0.827. The predicted octanol–water partition coefficient (Wildman–Crippen LogP) is 3.27. The van der Waals surface area contributed by atoms with Gasteiger partial charge in [-0.25, -0.2) is 0 Å². The molecule has 142 valence electrons. The number of carbonyl (C=O) groups is 2. The van der Waals surface area contributed by atoms with E-state index < -0.39 is 0 Å². The van der Waals surface area contributed by atoms with E-state index in [-0.39, 0.29) is 11.7 Å². The lowest BCUT2D eigenvalue weighted by Gasteiger charge is -2.36. The Hall–Kier alpha value is -2.66. The Morgan fingerprint density at radius 3 is 2.26 bits per heavy atom. The highest BCUT2D eigenvalue weighted by Gasteiger charge is 2.20. The molecule has 0 aliphatic carbocycles.